The predicted octanol–water partition coefficient (Wildman–Crippen LogP) is 5.19. The molecular formula is C14H15BrClNO2. The standard InChI is InChI=1S/C14H15BrClNO2/c1-8-6-11(13(18-3)7-10(8)16)17-9(2)12-4-5-14(15)19-12/h4-7,9,17H,1-3H3. The number of benzene rings is 1. The van der Waals surface area contributed by atoms with E-state index in [1.165, 1.54) is 0 Å². The van der Waals surface area contributed by atoms with Crippen molar-refractivity contribution in [1.29, 1.82) is 0 Å². The van der Waals surface area contributed by atoms with Crippen molar-refractivity contribution < 1.29 is 9.15 Å². The fourth-order valence-corrected chi connectivity index (χ4v) is 2.28. The van der Waals surface area contributed by atoms with Crippen LogP contribution >= 0.6 is 27.5 Å². The number of nitrogens with one attached hydrogen (secondary N) is 1. The van der Waals surface area contributed by atoms with Gasteiger partial charge in [-0.05, 0) is 53.5 Å². The Morgan fingerprint density at radius 3 is 2.68 bits per heavy atom. The van der Waals surface area contributed by atoms with Gasteiger partial charge in [0.15, 0.2) is 4.67 Å². The van der Waals surface area contributed by atoms with E-state index in [0.29, 0.717) is 10.8 Å². The summed E-state index contributed by atoms with van der Waals surface area (Å²) < 4.78 is 11.6. The Bertz CT molecular complexity index is 583. The summed E-state index contributed by atoms with van der Waals surface area (Å²) in [6, 6.07) is 7.61. The number of methoxy groups -OCH3 is 1. The summed E-state index contributed by atoms with van der Waals surface area (Å²) in [5.74, 6) is 1.56. The Kier molecular flexibility index (Phi) is 4.42. The number of rotatable bonds is 4. The van der Waals surface area contributed by atoms with Crippen molar-refractivity contribution in [2.75, 3.05) is 12.4 Å². The summed E-state index contributed by atoms with van der Waals surface area (Å²) in [5, 5.41) is 4.05. The van der Waals surface area contributed by atoms with Gasteiger partial charge in [0.2, 0.25) is 0 Å². The molecule has 0 aliphatic rings. The Morgan fingerprint density at radius 1 is 1.37 bits per heavy atom. The zero-order chi connectivity index (χ0) is 14.0. The molecule has 2 rings (SSSR count). The SMILES string of the molecule is COc1cc(Cl)c(C)cc1NC(C)c1ccc(Br)o1. The minimum Gasteiger partial charge on any atom is -0.495 e. The third-order valence-electron chi connectivity index (χ3n) is 2.87. The van der Waals surface area contributed by atoms with Crippen LogP contribution in [0.15, 0.2) is 33.4 Å². The third-order valence-corrected chi connectivity index (χ3v) is 3.71. The maximum atomic E-state index is 6.09. The van der Waals surface area contributed by atoms with Gasteiger partial charge >= 0.3 is 0 Å². The maximum absolute atomic E-state index is 6.09. The molecule has 2 aromatic rings. The van der Waals surface area contributed by atoms with Gasteiger partial charge in [-0.15, -0.1) is 0 Å². The van der Waals surface area contributed by atoms with E-state index in [-0.39, 0.29) is 6.04 Å². The van der Waals surface area contributed by atoms with Crippen LogP contribution in [0.5, 0.6) is 5.75 Å². The number of aryl methyl sites for hydroxylation is 1. The zero-order valence-corrected chi connectivity index (χ0v) is 13.3. The molecule has 0 radical (unpaired) electrons. The first-order valence-electron chi connectivity index (χ1n) is 5.87. The molecule has 102 valence electrons. The molecule has 1 heterocycles. The molecule has 1 N–H and O–H groups in total. The molecule has 1 aromatic carbocycles. The molecule has 0 spiro atoms. The first-order valence-corrected chi connectivity index (χ1v) is 7.04. The third kappa shape index (κ3) is 3.25. The smallest absolute Gasteiger partial charge is 0.169 e. The van der Waals surface area contributed by atoms with Crippen molar-refractivity contribution in [3.63, 3.8) is 0 Å². The molecule has 0 aliphatic carbocycles. The van der Waals surface area contributed by atoms with Crippen LogP contribution in [0.3, 0.4) is 0 Å². The summed E-state index contributed by atoms with van der Waals surface area (Å²) in [5.41, 5.74) is 1.89. The maximum Gasteiger partial charge on any atom is 0.169 e. The Labute approximate surface area is 126 Å². The van der Waals surface area contributed by atoms with E-state index in [9.17, 15) is 0 Å². The topological polar surface area (TPSA) is 34.4 Å². The quantitative estimate of drug-likeness (QED) is 0.829. The van der Waals surface area contributed by atoms with Gasteiger partial charge in [0.25, 0.3) is 0 Å². The van der Waals surface area contributed by atoms with Gasteiger partial charge in [-0.3, -0.25) is 0 Å². The Balaban J connectivity index is 2.25. The van der Waals surface area contributed by atoms with E-state index in [0.717, 1.165) is 21.7 Å². The molecule has 3 nitrogen and oxygen atoms in total. The van der Waals surface area contributed by atoms with Crippen LogP contribution in [0.4, 0.5) is 5.69 Å². The van der Waals surface area contributed by atoms with E-state index in [2.05, 4.69) is 21.2 Å². The molecule has 19 heavy (non-hydrogen) atoms. The van der Waals surface area contributed by atoms with Crippen LogP contribution in [-0.2, 0) is 0 Å². The van der Waals surface area contributed by atoms with E-state index in [1.54, 1.807) is 7.11 Å². The molecule has 0 fully saturated rings. The van der Waals surface area contributed by atoms with Crippen LogP contribution in [0.1, 0.15) is 24.3 Å². The minimum atomic E-state index is 0.0285. The fraction of sp³-hybridized carbons (Fsp3) is 0.286. The summed E-state index contributed by atoms with van der Waals surface area (Å²) in [6.07, 6.45) is 0. The molecule has 1 unspecified atom stereocenters. The Morgan fingerprint density at radius 2 is 2.11 bits per heavy atom. The largest absolute Gasteiger partial charge is 0.495 e. The zero-order valence-electron chi connectivity index (χ0n) is 11.0. The first-order chi connectivity index (χ1) is 9.01. The van der Waals surface area contributed by atoms with Gasteiger partial charge in [0.05, 0.1) is 18.8 Å². The second kappa shape index (κ2) is 5.88. The Hall–Kier alpha value is -1.13. The van der Waals surface area contributed by atoms with E-state index in [4.69, 9.17) is 20.8 Å². The molecule has 5 heteroatoms. The lowest BCUT2D eigenvalue weighted by Gasteiger charge is -2.17. The highest BCUT2D eigenvalue weighted by molar-refractivity contribution is 9.10. The van der Waals surface area contributed by atoms with Crippen LogP contribution in [0.25, 0.3) is 0 Å². The van der Waals surface area contributed by atoms with Crippen molar-refractivity contribution >= 4 is 33.2 Å². The van der Waals surface area contributed by atoms with Crippen molar-refractivity contribution in [2.24, 2.45) is 0 Å². The number of halogens is 2. The highest BCUT2D eigenvalue weighted by atomic mass is 79.9. The van der Waals surface area contributed by atoms with Gasteiger partial charge in [0, 0.05) is 11.1 Å². The number of anilines is 1. The average molecular weight is 345 g/mol. The van der Waals surface area contributed by atoms with Gasteiger partial charge in [-0.2, -0.15) is 0 Å². The normalized spacial score (nSPS) is 12.3. The van der Waals surface area contributed by atoms with Crippen molar-refractivity contribution in [1.82, 2.24) is 0 Å². The lowest BCUT2D eigenvalue weighted by atomic mass is 10.1. The number of hydrogen-bond acceptors (Lipinski definition) is 3. The van der Waals surface area contributed by atoms with E-state index < -0.39 is 0 Å². The molecule has 0 aliphatic heterocycles. The van der Waals surface area contributed by atoms with Gasteiger partial charge in [0.1, 0.15) is 11.5 Å². The fourth-order valence-electron chi connectivity index (χ4n) is 1.81. The second-order valence-corrected chi connectivity index (χ2v) is 5.50. The van der Waals surface area contributed by atoms with Gasteiger partial charge in [-0.1, -0.05) is 11.6 Å². The van der Waals surface area contributed by atoms with Crippen LogP contribution < -0.4 is 10.1 Å². The van der Waals surface area contributed by atoms with Crippen molar-refractivity contribution in [2.45, 2.75) is 19.9 Å². The summed E-state index contributed by atoms with van der Waals surface area (Å²) in [6.45, 7) is 3.98. The summed E-state index contributed by atoms with van der Waals surface area (Å²) >= 11 is 9.39. The van der Waals surface area contributed by atoms with Crippen LogP contribution in [0.2, 0.25) is 5.02 Å². The molecule has 0 bridgehead atoms. The molecule has 0 saturated heterocycles. The lowest BCUT2D eigenvalue weighted by molar-refractivity contribution is 0.415. The van der Waals surface area contributed by atoms with Crippen molar-refractivity contribution in [3.05, 3.63) is 45.3 Å². The monoisotopic (exact) mass is 343 g/mol. The summed E-state index contributed by atoms with van der Waals surface area (Å²) in [7, 11) is 1.63. The average Bonchev–Trinajstić information content (AvgIpc) is 2.80. The number of hydrogen-bond donors (Lipinski definition) is 1. The minimum absolute atomic E-state index is 0.0285. The molecule has 0 amide bonds. The van der Waals surface area contributed by atoms with Crippen LogP contribution in [0, 0.1) is 6.92 Å². The van der Waals surface area contributed by atoms with E-state index in [1.807, 2.05) is 38.1 Å². The highest BCUT2D eigenvalue weighted by Crippen LogP contribution is 2.33. The number of furan rings is 1. The number of ether oxygens (including phenoxy) is 1. The van der Waals surface area contributed by atoms with Crippen molar-refractivity contribution in [3.8, 4) is 5.75 Å². The second-order valence-electron chi connectivity index (χ2n) is 4.31. The van der Waals surface area contributed by atoms with Gasteiger partial charge < -0.3 is 14.5 Å². The molecule has 1 atom stereocenters. The molecule has 1 aromatic heterocycles. The predicted molar refractivity (Wildman–Crippen MR) is 81.2 cm³/mol. The lowest BCUT2D eigenvalue weighted by Crippen LogP contribution is -2.07. The van der Waals surface area contributed by atoms with Gasteiger partial charge in [-0.25, -0.2) is 0 Å². The van der Waals surface area contributed by atoms with Crippen LogP contribution in [-0.4, -0.2) is 7.11 Å². The van der Waals surface area contributed by atoms with E-state index >= 15 is 0 Å². The molecule has 0 saturated carbocycles. The summed E-state index contributed by atoms with van der Waals surface area (Å²) in [4.78, 5) is 0. The highest BCUT2D eigenvalue weighted by Gasteiger charge is 2.13. The molecular weight excluding hydrogens is 330 g/mol. The first kappa shape index (κ1) is 14.3.